The molecule has 2 unspecified atom stereocenters. The van der Waals surface area contributed by atoms with Crippen molar-refractivity contribution in [1.82, 2.24) is 0 Å². The smallest absolute Gasteiger partial charge is 0.0465 e. The van der Waals surface area contributed by atoms with Gasteiger partial charge >= 0.3 is 0 Å². The number of methoxy groups -OCH3 is 1. The molecular weight excluding hydrogens is 198 g/mol. The van der Waals surface area contributed by atoms with Crippen LogP contribution in [0.25, 0.3) is 0 Å². The Kier molecular flexibility index (Phi) is 3.31. The number of rotatable bonds is 4. The summed E-state index contributed by atoms with van der Waals surface area (Å²) in [6, 6.07) is 8.58. The van der Waals surface area contributed by atoms with Gasteiger partial charge in [-0.1, -0.05) is 31.2 Å². The Morgan fingerprint density at radius 3 is 2.94 bits per heavy atom. The van der Waals surface area contributed by atoms with E-state index in [9.17, 15) is 0 Å². The molecule has 88 valence electrons. The molecule has 0 saturated heterocycles. The highest BCUT2D eigenvalue weighted by atomic mass is 16.5. The fourth-order valence-corrected chi connectivity index (χ4v) is 2.73. The molecule has 0 heterocycles. The molecule has 0 aliphatic heterocycles. The number of nitrogens with two attached hydrogens (primary N) is 1. The SMILES string of the molecule is COCCC(C)C1(N)CCc2ccccc21. The monoisotopic (exact) mass is 219 g/mol. The van der Waals surface area contributed by atoms with Gasteiger partial charge in [-0.25, -0.2) is 0 Å². The van der Waals surface area contributed by atoms with E-state index in [0.717, 1.165) is 25.9 Å². The lowest BCUT2D eigenvalue weighted by atomic mass is 9.79. The zero-order valence-electron chi connectivity index (χ0n) is 10.2. The number of aryl methyl sites for hydroxylation is 1. The lowest BCUT2D eigenvalue weighted by Gasteiger charge is -2.32. The number of benzene rings is 1. The first-order valence-corrected chi connectivity index (χ1v) is 6.04. The summed E-state index contributed by atoms with van der Waals surface area (Å²) in [6.45, 7) is 3.03. The molecule has 2 N–H and O–H groups in total. The van der Waals surface area contributed by atoms with Gasteiger partial charge in [0.1, 0.15) is 0 Å². The molecule has 0 amide bonds. The van der Waals surface area contributed by atoms with E-state index in [1.165, 1.54) is 11.1 Å². The predicted octanol–water partition coefficient (Wildman–Crippen LogP) is 2.46. The third-order valence-electron chi connectivity index (χ3n) is 3.96. The summed E-state index contributed by atoms with van der Waals surface area (Å²) in [6.07, 6.45) is 3.21. The maximum absolute atomic E-state index is 6.60. The van der Waals surface area contributed by atoms with Crippen molar-refractivity contribution >= 4 is 0 Å². The Labute approximate surface area is 97.8 Å². The van der Waals surface area contributed by atoms with Gasteiger partial charge in [0.25, 0.3) is 0 Å². The van der Waals surface area contributed by atoms with Gasteiger partial charge in [-0.15, -0.1) is 0 Å². The molecule has 0 saturated carbocycles. The van der Waals surface area contributed by atoms with Crippen molar-refractivity contribution < 1.29 is 4.74 Å². The summed E-state index contributed by atoms with van der Waals surface area (Å²) in [7, 11) is 1.75. The molecule has 2 rings (SSSR count). The summed E-state index contributed by atoms with van der Waals surface area (Å²) in [5.41, 5.74) is 9.23. The van der Waals surface area contributed by atoms with Crippen LogP contribution in [0.15, 0.2) is 24.3 Å². The van der Waals surface area contributed by atoms with Crippen LogP contribution in [0, 0.1) is 5.92 Å². The minimum Gasteiger partial charge on any atom is -0.385 e. The first kappa shape index (κ1) is 11.6. The Hall–Kier alpha value is -0.860. The average molecular weight is 219 g/mol. The number of fused-ring (bicyclic) bond motifs is 1. The zero-order chi connectivity index (χ0) is 11.6. The van der Waals surface area contributed by atoms with Gasteiger partial charge in [0.15, 0.2) is 0 Å². The number of hydrogen-bond acceptors (Lipinski definition) is 2. The summed E-state index contributed by atoms with van der Waals surface area (Å²) < 4.78 is 5.15. The molecule has 1 aliphatic rings. The molecule has 2 nitrogen and oxygen atoms in total. The third kappa shape index (κ3) is 1.87. The lowest BCUT2D eigenvalue weighted by molar-refractivity contribution is 0.154. The van der Waals surface area contributed by atoms with Crippen molar-refractivity contribution in [3.05, 3.63) is 35.4 Å². The molecule has 0 radical (unpaired) electrons. The average Bonchev–Trinajstić information content (AvgIpc) is 2.66. The van der Waals surface area contributed by atoms with E-state index in [0.29, 0.717) is 5.92 Å². The fraction of sp³-hybridized carbons (Fsp3) is 0.571. The van der Waals surface area contributed by atoms with Crippen LogP contribution in [-0.4, -0.2) is 13.7 Å². The van der Waals surface area contributed by atoms with E-state index in [1.807, 2.05) is 0 Å². The van der Waals surface area contributed by atoms with Crippen LogP contribution in [0.4, 0.5) is 0 Å². The van der Waals surface area contributed by atoms with Gasteiger partial charge < -0.3 is 10.5 Å². The van der Waals surface area contributed by atoms with Crippen LogP contribution in [-0.2, 0) is 16.7 Å². The van der Waals surface area contributed by atoms with Crippen molar-refractivity contribution in [2.45, 2.75) is 31.7 Å². The normalized spacial score (nSPS) is 25.4. The van der Waals surface area contributed by atoms with Crippen LogP contribution < -0.4 is 5.73 Å². The first-order valence-electron chi connectivity index (χ1n) is 6.04. The van der Waals surface area contributed by atoms with E-state index in [2.05, 4.69) is 31.2 Å². The molecule has 1 aromatic carbocycles. The Balaban J connectivity index is 2.20. The van der Waals surface area contributed by atoms with Gasteiger partial charge in [0.05, 0.1) is 0 Å². The van der Waals surface area contributed by atoms with Crippen LogP contribution >= 0.6 is 0 Å². The summed E-state index contributed by atoms with van der Waals surface area (Å²) >= 11 is 0. The van der Waals surface area contributed by atoms with Gasteiger partial charge in [0.2, 0.25) is 0 Å². The summed E-state index contributed by atoms with van der Waals surface area (Å²) in [4.78, 5) is 0. The lowest BCUT2D eigenvalue weighted by Crippen LogP contribution is -2.41. The van der Waals surface area contributed by atoms with Gasteiger partial charge in [-0.2, -0.15) is 0 Å². The highest BCUT2D eigenvalue weighted by Crippen LogP contribution is 2.41. The van der Waals surface area contributed by atoms with Crippen molar-refractivity contribution in [1.29, 1.82) is 0 Å². The molecule has 2 atom stereocenters. The molecule has 0 fully saturated rings. The second-order valence-corrected chi connectivity index (χ2v) is 4.88. The quantitative estimate of drug-likeness (QED) is 0.844. The maximum atomic E-state index is 6.60. The van der Waals surface area contributed by atoms with E-state index >= 15 is 0 Å². The molecule has 0 bridgehead atoms. The number of hydrogen-bond donors (Lipinski definition) is 1. The Bertz CT molecular complexity index is 364. The van der Waals surface area contributed by atoms with Gasteiger partial charge in [0, 0.05) is 19.3 Å². The molecule has 16 heavy (non-hydrogen) atoms. The Morgan fingerprint density at radius 2 is 2.19 bits per heavy atom. The largest absolute Gasteiger partial charge is 0.385 e. The minimum atomic E-state index is -0.144. The topological polar surface area (TPSA) is 35.2 Å². The van der Waals surface area contributed by atoms with Gasteiger partial charge in [-0.05, 0) is 36.3 Å². The molecule has 0 spiro atoms. The first-order chi connectivity index (χ1) is 7.68. The molecular formula is C14H21NO. The van der Waals surface area contributed by atoms with Crippen molar-refractivity contribution in [2.24, 2.45) is 11.7 Å². The molecule has 0 aromatic heterocycles. The fourth-order valence-electron chi connectivity index (χ4n) is 2.73. The van der Waals surface area contributed by atoms with Crippen LogP contribution in [0.1, 0.15) is 30.9 Å². The zero-order valence-corrected chi connectivity index (χ0v) is 10.2. The maximum Gasteiger partial charge on any atom is 0.0465 e. The van der Waals surface area contributed by atoms with Crippen LogP contribution in [0.2, 0.25) is 0 Å². The second kappa shape index (κ2) is 4.56. The van der Waals surface area contributed by atoms with Crippen LogP contribution in [0.3, 0.4) is 0 Å². The van der Waals surface area contributed by atoms with E-state index in [-0.39, 0.29) is 5.54 Å². The third-order valence-corrected chi connectivity index (χ3v) is 3.96. The van der Waals surface area contributed by atoms with Crippen molar-refractivity contribution in [2.75, 3.05) is 13.7 Å². The standard InChI is InChI=1S/C14H21NO/c1-11(8-10-16-2)14(15)9-7-12-5-3-4-6-13(12)14/h3-6,11H,7-10,15H2,1-2H3. The molecule has 1 aliphatic carbocycles. The minimum absolute atomic E-state index is 0.144. The number of ether oxygens (including phenoxy) is 1. The highest BCUT2D eigenvalue weighted by Gasteiger charge is 2.38. The van der Waals surface area contributed by atoms with Crippen molar-refractivity contribution in [3.8, 4) is 0 Å². The van der Waals surface area contributed by atoms with Gasteiger partial charge in [-0.3, -0.25) is 0 Å². The predicted molar refractivity (Wildman–Crippen MR) is 66.3 cm³/mol. The Morgan fingerprint density at radius 1 is 1.44 bits per heavy atom. The van der Waals surface area contributed by atoms with E-state index < -0.39 is 0 Å². The summed E-state index contributed by atoms with van der Waals surface area (Å²) in [5, 5.41) is 0. The molecule has 2 heteroatoms. The summed E-state index contributed by atoms with van der Waals surface area (Å²) in [5.74, 6) is 0.469. The van der Waals surface area contributed by atoms with Crippen molar-refractivity contribution in [3.63, 3.8) is 0 Å². The highest BCUT2D eigenvalue weighted by molar-refractivity contribution is 5.38. The second-order valence-electron chi connectivity index (χ2n) is 4.88. The van der Waals surface area contributed by atoms with Crippen LogP contribution in [0.5, 0.6) is 0 Å². The van der Waals surface area contributed by atoms with E-state index in [1.54, 1.807) is 7.11 Å². The van der Waals surface area contributed by atoms with E-state index in [4.69, 9.17) is 10.5 Å². The molecule has 1 aromatic rings.